The van der Waals surface area contributed by atoms with Crippen LogP contribution in [0, 0.1) is 11.2 Å². The number of halogens is 2. The summed E-state index contributed by atoms with van der Waals surface area (Å²) in [6, 6.07) is 11.5. The van der Waals surface area contributed by atoms with E-state index in [9.17, 15) is 18.8 Å². The van der Waals surface area contributed by atoms with Gasteiger partial charge in [-0.15, -0.1) is 0 Å². The molecule has 0 unspecified atom stereocenters. The predicted molar refractivity (Wildman–Crippen MR) is 120 cm³/mol. The number of hydrogen-bond acceptors (Lipinski definition) is 3. The first kappa shape index (κ1) is 22.3. The van der Waals surface area contributed by atoms with Crippen LogP contribution in [0.2, 0.25) is 5.02 Å². The Morgan fingerprint density at radius 2 is 1.81 bits per heavy atom. The maximum atomic E-state index is 13.8. The lowest BCUT2D eigenvalue weighted by Crippen LogP contribution is -2.66. The number of amides is 4. The molecule has 0 saturated carbocycles. The molecule has 0 spiro atoms. The molecule has 2 fully saturated rings. The second-order valence-electron chi connectivity index (χ2n) is 9.22. The molecule has 2 aliphatic rings. The minimum absolute atomic E-state index is 0.149. The third-order valence-corrected chi connectivity index (χ3v) is 6.23. The molecule has 4 amide bonds. The van der Waals surface area contributed by atoms with E-state index >= 15 is 0 Å². The van der Waals surface area contributed by atoms with E-state index in [2.05, 4.69) is 0 Å². The molecule has 0 aliphatic carbocycles. The number of fused-ring (bicyclic) bond motifs is 1. The molecule has 0 radical (unpaired) electrons. The number of urea groups is 1. The largest absolute Gasteiger partial charge is 0.332 e. The molecule has 168 valence electrons. The second-order valence-corrected chi connectivity index (χ2v) is 9.62. The zero-order valence-corrected chi connectivity index (χ0v) is 19.0. The maximum Gasteiger partial charge on any atom is 0.332 e. The van der Waals surface area contributed by atoms with Gasteiger partial charge in [0.05, 0.1) is 16.8 Å². The Hall–Kier alpha value is -2.93. The molecule has 32 heavy (non-hydrogen) atoms. The van der Waals surface area contributed by atoms with Crippen LogP contribution in [0.15, 0.2) is 48.5 Å². The van der Waals surface area contributed by atoms with E-state index in [0.717, 1.165) is 16.5 Å². The summed E-state index contributed by atoms with van der Waals surface area (Å²) in [6.45, 7) is 6.09. The first-order valence-electron chi connectivity index (χ1n) is 10.5. The first-order chi connectivity index (χ1) is 15.1. The third kappa shape index (κ3) is 3.86. The van der Waals surface area contributed by atoms with Crippen molar-refractivity contribution in [3.05, 3.63) is 64.9 Å². The van der Waals surface area contributed by atoms with E-state index in [0.29, 0.717) is 13.0 Å². The fourth-order valence-corrected chi connectivity index (χ4v) is 4.56. The van der Waals surface area contributed by atoms with E-state index in [4.69, 9.17) is 11.6 Å². The average molecular weight is 458 g/mol. The summed E-state index contributed by atoms with van der Waals surface area (Å²) in [6.07, 6.45) is 0.509. The van der Waals surface area contributed by atoms with Gasteiger partial charge in [-0.3, -0.25) is 9.59 Å². The Morgan fingerprint density at radius 3 is 2.44 bits per heavy atom. The van der Waals surface area contributed by atoms with Gasteiger partial charge in [0.1, 0.15) is 11.9 Å². The van der Waals surface area contributed by atoms with E-state index in [1.807, 2.05) is 30.3 Å². The highest BCUT2D eigenvalue weighted by Gasteiger charge is 2.54. The molecule has 0 aromatic heterocycles. The molecule has 2 aliphatic heterocycles. The molecule has 2 saturated heterocycles. The lowest BCUT2D eigenvalue weighted by molar-refractivity contribution is -0.145. The SMILES string of the molecule is CC(C)(C)C(=O)N1CC[C@@H]2[C@H]1C(=O)N(c1ccc(F)c(Cl)c1)C(=O)N2Cc1ccccc1. The van der Waals surface area contributed by atoms with Gasteiger partial charge >= 0.3 is 6.03 Å². The van der Waals surface area contributed by atoms with Gasteiger partial charge in [0.25, 0.3) is 5.91 Å². The van der Waals surface area contributed by atoms with Crippen molar-refractivity contribution in [2.24, 2.45) is 5.41 Å². The highest BCUT2D eigenvalue weighted by molar-refractivity contribution is 6.31. The van der Waals surface area contributed by atoms with E-state index in [1.54, 1.807) is 30.6 Å². The molecule has 4 rings (SSSR count). The average Bonchev–Trinajstić information content (AvgIpc) is 3.18. The van der Waals surface area contributed by atoms with Crippen LogP contribution in [0.4, 0.5) is 14.9 Å². The first-order valence-corrected chi connectivity index (χ1v) is 10.9. The number of benzene rings is 2. The van der Waals surface area contributed by atoms with Crippen LogP contribution in [-0.4, -0.2) is 46.3 Å². The molecule has 2 heterocycles. The van der Waals surface area contributed by atoms with Crippen LogP contribution in [0.1, 0.15) is 32.8 Å². The van der Waals surface area contributed by atoms with Crippen molar-refractivity contribution in [3.63, 3.8) is 0 Å². The number of rotatable bonds is 3. The highest BCUT2D eigenvalue weighted by Crippen LogP contribution is 2.36. The molecule has 2 atom stereocenters. The Labute approximate surface area is 191 Å². The van der Waals surface area contributed by atoms with Gasteiger partial charge in [0, 0.05) is 18.5 Å². The van der Waals surface area contributed by atoms with Crippen LogP contribution < -0.4 is 4.90 Å². The fraction of sp³-hybridized carbons (Fsp3) is 0.375. The smallest absolute Gasteiger partial charge is 0.328 e. The lowest BCUT2D eigenvalue weighted by Gasteiger charge is -2.44. The summed E-state index contributed by atoms with van der Waals surface area (Å²) in [4.78, 5) is 44.5. The number of carbonyl (C=O) groups excluding carboxylic acids is 3. The van der Waals surface area contributed by atoms with Crippen molar-refractivity contribution in [1.29, 1.82) is 0 Å². The summed E-state index contributed by atoms with van der Waals surface area (Å²) in [5.41, 5.74) is 0.412. The summed E-state index contributed by atoms with van der Waals surface area (Å²) < 4.78 is 13.8. The van der Waals surface area contributed by atoms with Crippen molar-refractivity contribution in [1.82, 2.24) is 9.80 Å². The van der Waals surface area contributed by atoms with Crippen LogP contribution in [0.3, 0.4) is 0 Å². The zero-order valence-electron chi connectivity index (χ0n) is 18.2. The number of hydrogen-bond donors (Lipinski definition) is 0. The van der Waals surface area contributed by atoms with E-state index < -0.39 is 35.3 Å². The maximum absolute atomic E-state index is 13.8. The minimum atomic E-state index is -0.813. The summed E-state index contributed by atoms with van der Waals surface area (Å²) >= 11 is 5.94. The number of anilines is 1. The number of likely N-dealkylation sites (tertiary alicyclic amines) is 1. The molecule has 2 aromatic carbocycles. The number of imide groups is 1. The lowest BCUT2D eigenvalue weighted by atomic mass is 9.93. The van der Waals surface area contributed by atoms with Gasteiger partial charge in [0.2, 0.25) is 5.91 Å². The molecule has 2 aromatic rings. The fourth-order valence-electron chi connectivity index (χ4n) is 4.38. The van der Waals surface area contributed by atoms with Gasteiger partial charge in [-0.05, 0) is 30.2 Å². The molecule has 6 nitrogen and oxygen atoms in total. The van der Waals surface area contributed by atoms with Crippen LogP contribution >= 0.6 is 11.6 Å². The van der Waals surface area contributed by atoms with Crippen molar-refractivity contribution >= 4 is 35.1 Å². The normalized spacial score (nSPS) is 21.2. The van der Waals surface area contributed by atoms with Crippen LogP contribution in [0.5, 0.6) is 0 Å². The zero-order chi connectivity index (χ0) is 23.2. The number of carbonyl (C=O) groups is 3. The van der Waals surface area contributed by atoms with Crippen LogP contribution in [0.25, 0.3) is 0 Å². The summed E-state index contributed by atoms with van der Waals surface area (Å²) in [5.74, 6) is -1.29. The van der Waals surface area contributed by atoms with Crippen LogP contribution in [-0.2, 0) is 16.1 Å². The van der Waals surface area contributed by atoms with Gasteiger partial charge in [-0.2, -0.15) is 0 Å². The van der Waals surface area contributed by atoms with Gasteiger partial charge in [-0.25, -0.2) is 14.1 Å². The quantitative estimate of drug-likeness (QED) is 0.683. The minimum Gasteiger partial charge on any atom is -0.328 e. The topological polar surface area (TPSA) is 60.9 Å². The monoisotopic (exact) mass is 457 g/mol. The Kier molecular flexibility index (Phi) is 5.71. The van der Waals surface area contributed by atoms with Crippen molar-refractivity contribution < 1.29 is 18.8 Å². The van der Waals surface area contributed by atoms with Crippen molar-refractivity contribution in [3.8, 4) is 0 Å². The predicted octanol–water partition coefficient (Wildman–Crippen LogP) is 4.46. The van der Waals surface area contributed by atoms with Gasteiger partial charge < -0.3 is 9.80 Å². The van der Waals surface area contributed by atoms with E-state index in [-0.39, 0.29) is 23.2 Å². The summed E-state index contributed by atoms with van der Waals surface area (Å²) in [5, 5.41) is -0.186. The number of nitrogens with zero attached hydrogens (tertiary/aromatic N) is 3. The third-order valence-electron chi connectivity index (χ3n) is 5.94. The van der Waals surface area contributed by atoms with Gasteiger partial charge in [-0.1, -0.05) is 62.7 Å². The second kappa shape index (κ2) is 8.20. The Bertz CT molecular complexity index is 1070. The molecule has 0 bridgehead atoms. The molecule has 0 N–H and O–H groups in total. The molecular formula is C24H25ClFN3O3. The van der Waals surface area contributed by atoms with Gasteiger partial charge in [0.15, 0.2) is 0 Å². The Morgan fingerprint density at radius 1 is 1.12 bits per heavy atom. The van der Waals surface area contributed by atoms with Crippen molar-refractivity contribution in [2.75, 3.05) is 11.4 Å². The van der Waals surface area contributed by atoms with E-state index in [1.165, 1.54) is 12.1 Å². The molecule has 8 heteroatoms. The van der Waals surface area contributed by atoms with Crippen molar-refractivity contribution in [2.45, 2.75) is 45.8 Å². The molecular weight excluding hydrogens is 433 g/mol. The Balaban J connectivity index is 1.77. The summed E-state index contributed by atoms with van der Waals surface area (Å²) in [7, 11) is 0. The highest BCUT2D eigenvalue weighted by atomic mass is 35.5. The standard InChI is InChI=1S/C24H25ClFN3O3/c1-24(2,3)22(31)27-12-11-19-20(27)21(30)29(16-9-10-18(26)17(25)13-16)23(32)28(19)14-15-7-5-4-6-8-15/h4-10,13,19-20H,11-12,14H2,1-3H3/t19-,20+/m1/s1.